The summed E-state index contributed by atoms with van der Waals surface area (Å²) in [6.45, 7) is 7.13. The number of carbonyl (C=O) groups excluding carboxylic acids is 1. The third kappa shape index (κ3) is 4.54. The van der Waals surface area contributed by atoms with E-state index in [0.717, 1.165) is 11.1 Å². The van der Waals surface area contributed by atoms with Gasteiger partial charge in [0.25, 0.3) is 5.91 Å². The first-order valence-electron chi connectivity index (χ1n) is 12.9. The Morgan fingerprint density at radius 1 is 1.13 bits per heavy atom. The SMILES string of the molecule is Cn1nc(-c2ncccn2)cc1C(=O)N1C[C@H]2[C@H](Oc3cc(C(C)(C)N)cc(-c4ccc(F)cc4)n3)[C@@]2(C)C1. The number of nitrogens with zero attached hydrogens (tertiary/aromatic N) is 6. The standard InChI is InChI=1S/C29H30FN7O2/c1-28(2,31)18-12-21(17-6-8-19(30)9-7-17)34-24(13-18)39-25-20-15-37(16-29(20,25)3)27(38)23-14-22(35-36(23)4)26-32-10-5-11-33-26/h5-14,20,25H,15-16,31H2,1-4H3/t20-,25-,29-/m0/s1. The van der Waals surface area contributed by atoms with Crippen LogP contribution in [0, 0.1) is 17.2 Å². The average Bonchev–Trinajstić information content (AvgIpc) is 3.19. The number of ether oxygens (including phenoxy) is 1. The first-order valence-corrected chi connectivity index (χ1v) is 12.9. The van der Waals surface area contributed by atoms with Crippen molar-refractivity contribution in [3.05, 3.63) is 78.0 Å². The van der Waals surface area contributed by atoms with E-state index in [0.29, 0.717) is 41.9 Å². The van der Waals surface area contributed by atoms with Crippen LogP contribution in [0.1, 0.15) is 36.8 Å². The van der Waals surface area contributed by atoms with Gasteiger partial charge in [-0.3, -0.25) is 9.48 Å². The molecule has 1 amide bonds. The predicted octanol–water partition coefficient (Wildman–Crippen LogP) is 3.81. The van der Waals surface area contributed by atoms with Gasteiger partial charge in [0.2, 0.25) is 5.88 Å². The number of likely N-dealkylation sites (tertiary alicyclic amines) is 1. The van der Waals surface area contributed by atoms with Crippen LogP contribution in [0.5, 0.6) is 5.88 Å². The highest BCUT2D eigenvalue weighted by molar-refractivity contribution is 5.94. The Hall–Kier alpha value is -4.18. The first kappa shape index (κ1) is 25.1. The first-order chi connectivity index (χ1) is 18.5. The molecular weight excluding hydrogens is 497 g/mol. The third-order valence-corrected chi connectivity index (χ3v) is 7.82. The number of carbonyl (C=O) groups is 1. The number of hydrogen-bond acceptors (Lipinski definition) is 7. The van der Waals surface area contributed by atoms with E-state index in [2.05, 4.69) is 22.0 Å². The van der Waals surface area contributed by atoms with Gasteiger partial charge in [-0.2, -0.15) is 5.10 Å². The van der Waals surface area contributed by atoms with Gasteiger partial charge < -0.3 is 15.4 Å². The van der Waals surface area contributed by atoms with Crippen LogP contribution in [0.25, 0.3) is 22.8 Å². The zero-order chi connectivity index (χ0) is 27.5. The van der Waals surface area contributed by atoms with Crippen LogP contribution in [0.15, 0.2) is 60.9 Å². The fourth-order valence-electron chi connectivity index (χ4n) is 5.42. The molecule has 2 fully saturated rings. The minimum Gasteiger partial charge on any atom is -0.473 e. The van der Waals surface area contributed by atoms with Gasteiger partial charge >= 0.3 is 0 Å². The maximum atomic E-state index is 13.5. The minimum absolute atomic E-state index is 0.0777. The highest BCUT2D eigenvalue weighted by atomic mass is 19.1. The fourth-order valence-corrected chi connectivity index (χ4v) is 5.42. The molecule has 10 heteroatoms. The molecule has 0 bridgehead atoms. The molecule has 4 aromatic rings. The Kier molecular flexibility index (Phi) is 5.76. The van der Waals surface area contributed by atoms with Crippen molar-refractivity contribution in [2.45, 2.75) is 32.4 Å². The van der Waals surface area contributed by atoms with Crippen molar-refractivity contribution in [2.75, 3.05) is 13.1 Å². The van der Waals surface area contributed by atoms with Crippen LogP contribution in [-0.2, 0) is 12.6 Å². The minimum atomic E-state index is -0.616. The molecule has 0 radical (unpaired) electrons. The molecule has 4 heterocycles. The quantitative estimate of drug-likeness (QED) is 0.406. The molecule has 6 rings (SSSR count). The summed E-state index contributed by atoms with van der Waals surface area (Å²) in [7, 11) is 1.75. The number of hydrogen-bond donors (Lipinski definition) is 1. The Morgan fingerprint density at radius 3 is 2.49 bits per heavy atom. The molecule has 0 spiro atoms. The van der Waals surface area contributed by atoms with E-state index < -0.39 is 5.54 Å². The second kappa shape index (κ2) is 8.94. The zero-order valence-electron chi connectivity index (χ0n) is 22.3. The lowest BCUT2D eigenvalue weighted by Crippen LogP contribution is -2.36. The van der Waals surface area contributed by atoms with Crippen LogP contribution < -0.4 is 10.5 Å². The number of aromatic nitrogens is 5. The van der Waals surface area contributed by atoms with E-state index in [9.17, 15) is 9.18 Å². The highest BCUT2D eigenvalue weighted by Gasteiger charge is 2.69. The number of amides is 1. The molecule has 0 unspecified atom stereocenters. The number of benzene rings is 1. The van der Waals surface area contributed by atoms with Crippen molar-refractivity contribution >= 4 is 5.91 Å². The van der Waals surface area contributed by atoms with Gasteiger partial charge in [-0.1, -0.05) is 6.92 Å². The van der Waals surface area contributed by atoms with Crippen molar-refractivity contribution in [1.29, 1.82) is 0 Å². The van der Waals surface area contributed by atoms with Crippen molar-refractivity contribution in [1.82, 2.24) is 29.6 Å². The molecule has 3 atom stereocenters. The summed E-state index contributed by atoms with van der Waals surface area (Å²) >= 11 is 0. The lowest BCUT2D eigenvalue weighted by molar-refractivity contribution is 0.0721. The Morgan fingerprint density at radius 2 is 1.85 bits per heavy atom. The van der Waals surface area contributed by atoms with Gasteiger partial charge in [0.05, 0.1) is 5.69 Å². The molecule has 2 aliphatic rings. The summed E-state index contributed by atoms with van der Waals surface area (Å²) in [6, 6.07) is 13.5. The predicted molar refractivity (Wildman–Crippen MR) is 143 cm³/mol. The molecule has 1 saturated heterocycles. The van der Waals surface area contributed by atoms with Crippen molar-refractivity contribution in [3.8, 4) is 28.7 Å². The Bertz CT molecular complexity index is 1550. The third-order valence-electron chi connectivity index (χ3n) is 7.82. The summed E-state index contributed by atoms with van der Waals surface area (Å²) in [4.78, 5) is 28.4. The molecule has 1 aliphatic heterocycles. The maximum Gasteiger partial charge on any atom is 0.272 e. The molecule has 200 valence electrons. The normalized spacial score (nSPS) is 22.1. The van der Waals surface area contributed by atoms with Crippen molar-refractivity contribution in [2.24, 2.45) is 24.1 Å². The summed E-state index contributed by atoms with van der Waals surface area (Å²) in [5.41, 5.74) is 8.98. The topological polar surface area (TPSA) is 112 Å². The Balaban J connectivity index is 1.19. The van der Waals surface area contributed by atoms with Gasteiger partial charge in [-0.05, 0) is 55.8 Å². The lowest BCUT2D eigenvalue weighted by atomic mass is 9.95. The molecule has 3 aromatic heterocycles. The van der Waals surface area contributed by atoms with E-state index >= 15 is 0 Å². The number of nitrogens with two attached hydrogens (primary N) is 1. The van der Waals surface area contributed by atoms with E-state index in [4.69, 9.17) is 15.5 Å². The number of halogens is 1. The number of aryl methyl sites for hydroxylation is 1. The van der Waals surface area contributed by atoms with E-state index in [-0.39, 0.29) is 29.2 Å². The second-order valence-corrected chi connectivity index (χ2v) is 11.3. The van der Waals surface area contributed by atoms with E-state index in [1.807, 2.05) is 30.9 Å². The number of piperidine rings is 1. The number of rotatable bonds is 6. The second-order valence-electron chi connectivity index (χ2n) is 11.3. The van der Waals surface area contributed by atoms with Gasteiger partial charge in [0.15, 0.2) is 5.82 Å². The van der Waals surface area contributed by atoms with E-state index in [1.165, 1.54) is 12.1 Å². The molecular formula is C29H30FN7O2. The van der Waals surface area contributed by atoms with Crippen LogP contribution in [-0.4, -0.2) is 54.7 Å². The van der Waals surface area contributed by atoms with Gasteiger partial charge in [0, 0.05) is 67.1 Å². The van der Waals surface area contributed by atoms with Crippen LogP contribution in [0.3, 0.4) is 0 Å². The Labute approximate surface area is 225 Å². The molecule has 1 aliphatic carbocycles. The largest absolute Gasteiger partial charge is 0.473 e. The monoisotopic (exact) mass is 527 g/mol. The molecule has 1 aromatic carbocycles. The summed E-state index contributed by atoms with van der Waals surface area (Å²) in [5.74, 6) is 0.745. The smallest absolute Gasteiger partial charge is 0.272 e. The molecule has 39 heavy (non-hydrogen) atoms. The van der Waals surface area contributed by atoms with Crippen molar-refractivity contribution in [3.63, 3.8) is 0 Å². The van der Waals surface area contributed by atoms with Gasteiger partial charge in [-0.25, -0.2) is 19.3 Å². The average molecular weight is 528 g/mol. The number of pyridine rings is 1. The summed E-state index contributed by atoms with van der Waals surface area (Å²) in [5, 5.41) is 4.44. The van der Waals surface area contributed by atoms with E-state index in [1.54, 1.807) is 48.4 Å². The zero-order valence-corrected chi connectivity index (χ0v) is 22.3. The number of fused-ring (bicyclic) bond motifs is 1. The summed E-state index contributed by atoms with van der Waals surface area (Å²) in [6.07, 6.45) is 3.22. The maximum absolute atomic E-state index is 13.5. The fraction of sp³-hybridized carbons (Fsp3) is 0.345. The van der Waals surface area contributed by atoms with Crippen molar-refractivity contribution < 1.29 is 13.9 Å². The lowest BCUT2D eigenvalue weighted by Gasteiger charge is -2.24. The van der Waals surface area contributed by atoms with Gasteiger partial charge in [0.1, 0.15) is 23.3 Å². The van der Waals surface area contributed by atoms with Crippen LogP contribution in [0.2, 0.25) is 0 Å². The van der Waals surface area contributed by atoms with Crippen LogP contribution >= 0.6 is 0 Å². The molecule has 1 saturated carbocycles. The van der Waals surface area contributed by atoms with Crippen LogP contribution in [0.4, 0.5) is 4.39 Å². The summed E-state index contributed by atoms with van der Waals surface area (Å²) < 4.78 is 21.5. The molecule has 9 nitrogen and oxygen atoms in total. The molecule has 2 N–H and O–H groups in total. The highest BCUT2D eigenvalue weighted by Crippen LogP contribution is 2.59. The van der Waals surface area contributed by atoms with Gasteiger partial charge in [-0.15, -0.1) is 0 Å².